The first-order valence-corrected chi connectivity index (χ1v) is 9.22. The summed E-state index contributed by atoms with van der Waals surface area (Å²) in [4.78, 5) is 23.8. The van der Waals surface area contributed by atoms with E-state index in [1.807, 2.05) is 0 Å². The highest BCUT2D eigenvalue weighted by molar-refractivity contribution is 7.89. The summed E-state index contributed by atoms with van der Waals surface area (Å²) in [5.74, 6) is -1.85. The lowest BCUT2D eigenvalue weighted by Crippen LogP contribution is -2.18. The third-order valence-electron chi connectivity index (χ3n) is 3.68. The van der Waals surface area contributed by atoms with Crippen molar-refractivity contribution in [2.24, 2.45) is 5.14 Å². The quantitative estimate of drug-likeness (QED) is 0.598. The third-order valence-corrected chi connectivity index (χ3v) is 4.60. The summed E-state index contributed by atoms with van der Waals surface area (Å²) in [6.07, 6.45) is 0. The van der Waals surface area contributed by atoms with Gasteiger partial charge in [-0.1, -0.05) is 0 Å². The molecular formula is C17H14FNO7S. The normalized spacial score (nSPS) is 13.1. The minimum Gasteiger partial charge on any atom is -0.486 e. The van der Waals surface area contributed by atoms with Crippen LogP contribution >= 0.6 is 0 Å². The molecule has 0 saturated carbocycles. The van der Waals surface area contributed by atoms with E-state index in [1.165, 1.54) is 12.1 Å². The van der Waals surface area contributed by atoms with Crippen LogP contribution < -0.4 is 14.6 Å². The van der Waals surface area contributed by atoms with Crippen LogP contribution in [0.4, 0.5) is 4.39 Å². The van der Waals surface area contributed by atoms with Gasteiger partial charge in [0.1, 0.15) is 19.0 Å². The molecule has 2 aromatic carbocycles. The van der Waals surface area contributed by atoms with E-state index in [9.17, 15) is 22.4 Å². The van der Waals surface area contributed by atoms with Gasteiger partial charge in [0.25, 0.3) is 0 Å². The molecule has 1 aliphatic heterocycles. The maximum absolute atomic E-state index is 13.8. The van der Waals surface area contributed by atoms with Gasteiger partial charge < -0.3 is 14.2 Å². The number of hydrogen-bond acceptors (Lipinski definition) is 7. The molecule has 0 unspecified atom stereocenters. The largest absolute Gasteiger partial charge is 0.486 e. The first-order valence-electron chi connectivity index (χ1n) is 7.68. The number of primary sulfonamides is 1. The first-order chi connectivity index (χ1) is 12.8. The van der Waals surface area contributed by atoms with E-state index in [0.717, 1.165) is 18.2 Å². The average molecular weight is 395 g/mol. The van der Waals surface area contributed by atoms with Crippen molar-refractivity contribution in [3.63, 3.8) is 0 Å². The van der Waals surface area contributed by atoms with E-state index in [0.29, 0.717) is 24.7 Å². The van der Waals surface area contributed by atoms with Gasteiger partial charge in [0, 0.05) is 5.56 Å². The monoisotopic (exact) mass is 395 g/mol. The molecule has 0 spiro atoms. The number of rotatable bonds is 5. The fraction of sp³-hybridized carbons (Fsp3) is 0.176. The fourth-order valence-electron chi connectivity index (χ4n) is 2.35. The van der Waals surface area contributed by atoms with E-state index >= 15 is 0 Å². The number of ketones is 1. The molecule has 3 rings (SSSR count). The molecule has 142 valence electrons. The van der Waals surface area contributed by atoms with E-state index in [4.69, 9.17) is 19.3 Å². The smallest absolute Gasteiger partial charge is 0.341 e. The maximum Gasteiger partial charge on any atom is 0.341 e. The van der Waals surface area contributed by atoms with Gasteiger partial charge in [-0.05, 0) is 36.4 Å². The molecule has 10 heteroatoms. The fourth-order valence-corrected chi connectivity index (χ4v) is 2.89. The number of fused-ring (bicyclic) bond motifs is 1. The van der Waals surface area contributed by atoms with Crippen molar-refractivity contribution in [2.45, 2.75) is 4.90 Å². The Labute approximate surface area is 153 Å². The van der Waals surface area contributed by atoms with Gasteiger partial charge >= 0.3 is 5.97 Å². The highest BCUT2D eigenvalue weighted by Crippen LogP contribution is 2.30. The van der Waals surface area contributed by atoms with Crippen LogP contribution in [0, 0.1) is 5.82 Å². The summed E-state index contributed by atoms with van der Waals surface area (Å²) < 4.78 is 51.9. The Balaban J connectivity index is 1.71. The number of Topliss-reactive ketones (excluding diaryl/α,β-unsaturated/α-hetero) is 1. The standard InChI is InChI=1S/C17H14FNO7S/c18-13-3-2-11(27(19,22)23)8-12(13)17(21)26-9-14(20)10-1-4-15-16(7-10)25-6-5-24-15/h1-4,7-8H,5-6,9H2,(H2,19,22,23). The van der Waals surface area contributed by atoms with Crippen molar-refractivity contribution in [1.29, 1.82) is 0 Å². The van der Waals surface area contributed by atoms with Gasteiger partial charge in [-0.25, -0.2) is 22.7 Å². The summed E-state index contributed by atoms with van der Waals surface area (Å²) in [7, 11) is -4.13. The van der Waals surface area contributed by atoms with Gasteiger partial charge in [0.15, 0.2) is 23.9 Å². The molecule has 0 amide bonds. The van der Waals surface area contributed by atoms with Crippen molar-refractivity contribution in [3.8, 4) is 11.5 Å². The summed E-state index contributed by atoms with van der Waals surface area (Å²) in [6.45, 7) is 0.0812. The van der Waals surface area contributed by atoms with Crippen molar-refractivity contribution in [2.75, 3.05) is 19.8 Å². The van der Waals surface area contributed by atoms with Crippen LogP contribution in [0.1, 0.15) is 20.7 Å². The van der Waals surface area contributed by atoms with Crippen LogP contribution in [0.3, 0.4) is 0 Å². The summed E-state index contributed by atoms with van der Waals surface area (Å²) in [5, 5.41) is 4.95. The first kappa shape index (κ1) is 18.8. The number of nitrogens with two attached hydrogens (primary N) is 1. The molecule has 0 radical (unpaired) electrons. The molecule has 2 N–H and O–H groups in total. The molecule has 2 aromatic rings. The number of benzene rings is 2. The van der Waals surface area contributed by atoms with Gasteiger partial charge in [-0.2, -0.15) is 0 Å². The molecule has 0 aromatic heterocycles. The molecule has 1 heterocycles. The lowest BCUT2D eigenvalue weighted by Gasteiger charge is -2.18. The zero-order valence-corrected chi connectivity index (χ0v) is 14.6. The van der Waals surface area contributed by atoms with Crippen molar-refractivity contribution in [1.82, 2.24) is 0 Å². The van der Waals surface area contributed by atoms with Gasteiger partial charge in [-0.15, -0.1) is 0 Å². The Morgan fingerprint density at radius 1 is 1.07 bits per heavy atom. The lowest BCUT2D eigenvalue weighted by molar-refractivity contribution is 0.0469. The number of esters is 1. The Morgan fingerprint density at radius 2 is 1.78 bits per heavy atom. The molecule has 1 aliphatic rings. The lowest BCUT2D eigenvalue weighted by atomic mass is 10.1. The highest BCUT2D eigenvalue weighted by atomic mass is 32.2. The molecule has 0 fully saturated rings. The van der Waals surface area contributed by atoms with Crippen LogP contribution in [0.25, 0.3) is 0 Å². The maximum atomic E-state index is 13.8. The number of carbonyl (C=O) groups excluding carboxylic acids is 2. The second-order valence-corrected chi connectivity index (χ2v) is 7.11. The average Bonchev–Trinajstić information content (AvgIpc) is 2.64. The topological polar surface area (TPSA) is 122 Å². The van der Waals surface area contributed by atoms with Crippen LogP contribution in [0.2, 0.25) is 0 Å². The van der Waals surface area contributed by atoms with Gasteiger partial charge in [0.2, 0.25) is 10.0 Å². The zero-order valence-electron chi connectivity index (χ0n) is 13.8. The molecular weight excluding hydrogens is 381 g/mol. The molecule has 0 saturated heterocycles. The number of hydrogen-bond donors (Lipinski definition) is 1. The summed E-state index contributed by atoms with van der Waals surface area (Å²) >= 11 is 0. The van der Waals surface area contributed by atoms with Gasteiger partial charge in [0.05, 0.1) is 10.5 Å². The van der Waals surface area contributed by atoms with Crippen LogP contribution in [-0.4, -0.2) is 40.0 Å². The summed E-state index contributed by atoms with van der Waals surface area (Å²) in [6, 6.07) is 6.93. The van der Waals surface area contributed by atoms with Crippen molar-refractivity contribution >= 4 is 21.8 Å². The minimum absolute atomic E-state index is 0.214. The number of ether oxygens (including phenoxy) is 3. The van der Waals surface area contributed by atoms with E-state index < -0.39 is 44.7 Å². The van der Waals surface area contributed by atoms with Crippen LogP contribution in [0.5, 0.6) is 11.5 Å². The Morgan fingerprint density at radius 3 is 2.48 bits per heavy atom. The molecule has 0 aliphatic carbocycles. The highest BCUT2D eigenvalue weighted by Gasteiger charge is 2.20. The van der Waals surface area contributed by atoms with Gasteiger partial charge in [-0.3, -0.25) is 4.79 Å². The molecule has 8 nitrogen and oxygen atoms in total. The van der Waals surface area contributed by atoms with E-state index in [2.05, 4.69) is 0 Å². The third kappa shape index (κ3) is 4.23. The van der Waals surface area contributed by atoms with Crippen LogP contribution in [0.15, 0.2) is 41.3 Å². The van der Waals surface area contributed by atoms with Crippen molar-refractivity contribution < 1.29 is 36.6 Å². The number of halogens is 1. The van der Waals surface area contributed by atoms with Crippen LogP contribution in [-0.2, 0) is 14.8 Å². The van der Waals surface area contributed by atoms with E-state index in [1.54, 1.807) is 6.07 Å². The zero-order chi connectivity index (χ0) is 19.6. The Bertz CT molecular complexity index is 1020. The number of sulfonamides is 1. The second-order valence-electron chi connectivity index (χ2n) is 5.54. The molecule has 0 bridgehead atoms. The minimum atomic E-state index is -4.13. The van der Waals surface area contributed by atoms with Crippen molar-refractivity contribution in [3.05, 3.63) is 53.3 Å². The SMILES string of the molecule is NS(=O)(=O)c1ccc(F)c(C(=O)OCC(=O)c2ccc3c(c2)OCCO3)c1. The predicted molar refractivity (Wildman–Crippen MR) is 89.8 cm³/mol. The van der Waals surface area contributed by atoms with E-state index in [-0.39, 0.29) is 5.56 Å². The molecule has 0 atom stereocenters. The predicted octanol–water partition coefficient (Wildman–Crippen LogP) is 1.28. The Hall–Kier alpha value is -2.98. The molecule has 27 heavy (non-hydrogen) atoms. The Kier molecular flexibility index (Phi) is 5.10. The number of carbonyl (C=O) groups is 2. The second kappa shape index (κ2) is 7.33. The summed E-state index contributed by atoms with van der Waals surface area (Å²) in [5.41, 5.74) is -0.428.